The lowest BCUT2D eigenvalue weighted by Crippen LogP contribution is -2.36. The molecular weight excluding hydrogens is 392 g/mol. The summed E-state index contributed by atoms with van der Waals surface area (Å²) in [5, 5.41) is 8.87. The number of rotatable bonds is 7. The molecule has 1 aliphatic heterocycles. The van der Waals surface area contributed by atoms with Crippen LogP contribution in [0.2, 0.25) is 0 Å². The molecule has 0 aliphatic carbocycles. The molecule has 0 radical (unpaired) electrons. The summed E-state index contributed by atoms with van der Waals surface area (Å²) in [6, 6.07) is 10.3. The van der Waals surface area contributed by atoms with Crippen LogP contribution in [0.5, 0.6) is 5.75 Å². The highest BCUT2D eigenvalue weighted by atomic mass is 32.2. The fourth-order valence-corrected chi connectivity index (χ4v) is 4.96. The normalized spacial score (nSPS) is 14.3. The van der Waals surface area contributed by atoms with Crippen molar-refractivity contribution in [1.82, 2.24) is 9.79 Å². The minimum Gasteiger partial charge on any atom is -0.496 e. The Balaban J connectivity index is 1.86. The van der Waals surface area contributed by atoms with E-state index in [2.05, 4.69) is 6.92 Å². The van der Waals surface area contributed by atoms with E-state index in [4.69, 9.17) is 9.94 Å². The van der Waals surface area contributed by atoms with Crippen molar-refractivity contribution in [3.05, 3.63) is 58.7 Å². The third kappa shape index (κ3) is 4.44. The van der Waals surface area contributed by atoms with Gasteiger partial charge in [0, 0.05) is 24.2 Å². The second-order valence-corrected chi connectivity index (χ2v) is 9.03. The van der Waals surface area contributed by atoms with E-state index in [9.17, 15) is 13.2 Å². The molecule has 0 spiro atoms. The molecule has 1 heterocycles. The predicted octanol–water partition coefficient (Wildman–Crippen LogP) is 2.90. The molecule has 29 heavy (non-hydrogen) atoms. The number of aryl methyl sites for hydroxylation is 1. The molecule has 2 aromatic carbocycles. The average molecular weight is 419 g/mol. The van der Waals surface area contributed by atoms with Crippen LogP contribution in [0.25, 0.3) is 0 Å². The zero-order valence-corrected chi connectivity index (χ0v) is 17.5. The highest BCUT2D eigenvalue weighted by molar-refractivity contribution is 7.89. The molecule has 0 atom stereocenters. The van der Waals surface area contributed by atoms with Crippen LogP contribution in [0.3, 0.4) is 0 Å². The largest absolute Gasteiger partial charge is 0.496 e. The third-order valence-corrected chi connectivity index (χ3v) is 7.09. The van der Waals surface area contributed by atoms with Crippen molar-refractivity contribution < 1.29 is 23.2 Å². The minimum atomic E-state index is -3.64. The smallest absolute Gasteiger partial charge is 0.274 e. The van der Waals surface area contributed by atoms with Crippen molar-refractivity contribution in [2.24, 2.45) is 0 Å². The summed E-state index contributed by atoms with van der Waals surface area (Å²) in [4.78, 5) is 12.0. The summed E-state index contributed by atoms with van der Waals surface area (Å²) in [7, 11) is -2.17. The monoisotopic (exact) mass is 418 g/mol. The maximum absolute atomic E-state index is 13.1. The SMILES string of the molecule is CCCCc1ccc(S(=O)(=O)N2CCc3cc(C(=O)NO)cc(OC)c3C2)cc1. The summed E-state index contributed by atoms with van der Waals surface area (Å²) in [6.07, 6.45) is 3.56. The molecule has 0 saturated carbocycles. The van der Waals surface area contributed by atoms with Gasteiger partial charge in [0.05, 0.1) is 12.0 Å². The van der Waals surface area contributed by atoms with Crippen molar-refractivity contribution in [3.8, 4) is 5.75 Å². The number of hydroxylamine groups is 1. The molecule has 3 rings (SSSR count). The van der Waals surface area contributed by atoms with E-state index in [0.29, 0.717) is 18.7 Å². The molecule has 2 aromatic rings. The van der Waals surface area contributed by atoms with Crippen molar-refractivity contribution in [2.75, 3.05) is 13.7 Å². The summed E-state index contributed by atoms with van der Waals surface area (Å²) in [5.41, 5.74) is 4.58. The number of carbonyl (C=O) groups is 1. The fourth-order valence-electron chi connectivity index (χ4n) is 3.55. The number of amides is 1. The van der Waals surface area contributed by atoms with Gasteiger partial charge in [-0.15, -0.1) is 0 Å². The lowest BCUT2D eigenvalue weighted by Gasteiger charge is -2.29. The van der Waals surface area contributed by atoms with E-state index >= 15 is 0 Å². The Kier molecular flexibility index (Phi) is 6.56. The number of nitrogens with one attached hydrogen (secondary N) is 1. The van der Waals surface area contributed by atoms with Crippen LogP contribution in [0.1, 0.15) is 46.8 Å². The number of benzene rings is 2. The Morgan fingerprint density at radius 1 is 1.24 bits per heavy atom. The quantitative estimate of drug-likeness (QED) is 0.532. The first-order valence-electron chi connectivity index (χ1n) is 9.64. The minimum absolute atomic E-state index is 0.166. The third-order valence-electron chi connectivity index (χ3n) is 5.23. The molecule has 0 fully saturated rings. The number of carbonyl (C=O) groups excluding carboxylic acids is 1. The topological polar surface area (TPSA) is 95.9 Å². The van der Waals surface area contributed by atoms with Gasteiger partial charge >= 0.3 is 0 Å². The summed E-state index contributed by atoms with van der Waals surface area (Å²) in [5.74, 6) is -0.208. The number of nitrogens with zero attached hydrogens (tertiary/aromatic N) is 1. The van der Waals surface area contributed by atoms with Gasteiger partial charge in [0.1, 0.15) is 5.75 Å². The van der Waals surface area contributed by atoms with Crippen molar-refractivity contribution in [2.45, 2.75) is 44.0 Å². The first-order chi connectivity index (χ1) is 13.9. The van der Waals surface area contributed by atoms with Crippen molar-refractivity contribution >= 4 is 15.9 Å². The molecule has 0 aromatic heterocycles. The van der Waals surface area contributed by atoms with Gasteiger partial charge in [0.2, 0.25) is 10.0 Å². The Morgan fingerprint density at radius 3 is 2.59 bits per heavy atom. The number of methoxy groups -OCH3 is 1. The fraction of sp³-hybridized carbons (Fsp3) is 0.381. The summed E-state index contributed by atoms with van der Waals surface area (Å²) >= 11 is 0. The van der Waals surface area contributed by atoms with Gasteiger partial charge in [-0.25, -0.2) is 13.9 Å². The van der Waals surface area contributed by atoms with Gasteiger partial charge in [-0.3, -0.25) is 10.0 Å². The summed E-state index contributed by atoms with van der Waals surface area (Å²) in [6.45, 7) is 2.60. The molecule has 0 saturated heterocycles. The van der Waals surface area contributed by atoms with Crippen LogP contribution in [0.4, 0.5) is 0 Å². The molecule has 0 bridgehead atoms. The van der Waals surface area contributed by atoms with Gasteiger partial charge in [-0.05, 0) is 54.7 Å². The van der Waals surface area contributed by atoms with E-state index < -0.39 is 15.9 Å². The molecule has 1 amide bonds. The van der Waals surface area contributed by atoms with E-state index in [1.807, 2.05) is 12.1 Å². The van der Waals surface area contributed by atoms with Gasteiger partial charge in [-0.1, -0.05) is 25.5 Å². The van der Waals surface area contributed by atoms with E-state index in [0.717, 1.165) is 36.0 Å². The van der Waals surface area contributed by atoms with Crippen LogP contribution in [0.15, 0.2) is 41.3 Å². The summed E-state index contributed by atoms with van der Waals surface area (Å²) < 4.78 is 33.1. The maximum atomic E-state index is 13.1. The lowest BCUT2D eigenvalue weighted by molar-refractivity contribution is 0.0705. The van der Waals surface area contributed by atoms with E-state index in [1.54, 1.807) is 23.7 Å². The number of fused-ring (bicyclic) bond motifs is 1. The highest BCUT2D eigenvalue weighted by Gasteiger charge is 2.30. The maximum Gasteiger partial charge on any atom is 0.274 e. The molecule has 8 heteroatoms. The number of hydrogen-bond donors (Lipinski definition) is 2. The number of sulfonamides is 1. The Bertz CT molecular complexity index is 970. The zero-order chi connectivity index (χ0) is 21.0. The first kappa shape index (κ1) is 21.3. The molecule has 156 valence electrons. The zero-order valence-electron chi connectivity index (χ0n) is 16.6. The Morgan fingerprint density at radius 2 is 1.97 bits per heavy atom. The molecule has 2 N–H and O–H groups in total. The van der Waals surface area contributed by atoms with E-state index in [1.165, 1.54) is 17.5 Å². The van der Waals surface area contributed by atoms with Gasteiger partial charge in [0.25, 0.3) is 5.91 Å². The molecule has 0 unspecified atom stereocenters. The Labute approximate surface area is 171 Å². The predicted molar refractivity (Wildman–Crippen MR) is 109 cm³/mol. The number of unbranched alkanes of at least 4 members (excludes halogenated alkanes) is 1. The van der Waals surface area contributed by atoms with Crippen LogP contribution in [-0.2, 0) is 29.4 Å². The van der Waals surface area contributed by atoms with Crippen LogP contribution < -0.4 is 10.2 Å². The molecule has 1 aliphatic rings. The Hall–Kier alpha value is -2.42. The van der Waals surface area contributed by atoms with Crippen molar-refractivity contribution in [1.29, 1.82) is 0 Å². The highest BCUT2D eigenvalue weighted by Crippen LogP contribution is 2.32. The van der Waals surface area contributed by atoms with Gasteiger partial charge in [0.15, 0.2) is 0 Å². The average Bonchev–Trinajstić information content (AvgIpc) is 2.76. The van der Waals surface area contributed by atoms with Crippen molar-refractivity contribution in [3.63, 3.8) is 0 Å². The standard InChI is InChI=1S/C21H26N2O5S/c1-3-4-5-15-6-8-18(9-7-15)29(26,27)23-11-10-16-12-17(21(24)22-25)13-20(28-2)19(16)14-23/h6-9,12-13,25H,3-5,10-11,14H2,1-2H3,(H,22,24). The second-order valence-electron chi connectivity index (χ2n) is 7.09. The first-order valence-corrected chi connectivity index (χ1v) is 11.1. The van der Waals surface area contributed by atoms with Crippen LogP contribution in [-0.4, -0.2) is 37.5 Å². The van der Waals surface area contributed by atoms with Gasteiger partial charge in [-0.2, -0.15) is 4.31 Å². The number of hydrogen-bond acceptors (Lipinski definition) is 5. The molecule has 7 nitrogen and oxygen atoms in total. The van der Waals surface area contributed by atoms with Crippen LogP contribution in [0, 0.1) is 0 Å². The molecular formula is C21H26N2O5S. The lowest BCUT2D eigenvalue weighted by atomic mass is 9.97. The van der Waals surface area contributed by atoms with Crippen LogP contribution >= 0.6 is 0 Å². The van der Waals surface area contributed by atoms with E-state index in [-0.39, 0.29) is 17.0 Å². The second kappa shape index (κ2) is 8.94. The van der Waals surface area contributed by atoms with Gasteiger partial charge < -0.3 is 4.74 Å². The number of ether oxygens (including phenoxy) is 1.